The summed E-state index contributed by atoms with van der Waals surface area (Å²) in [6.45, 7) is 2.03. The third kappa shape index (κ3) is 2.23. The molecule has 4 rings (SSSR count). The van der Waals surface area contributed by atoms with Crippen molar-refractivity contribution in [2.75, 3.05) is 0 Å². The highest BCUT2D eigenvalue weighted by atomic mass is 16.6. The Hall–Kier alpha value is -3.09. The zero-order valence-corrected chi connectivity index (χ0v) is 14.2. The fourth-order valence-electron chi connectivity index (χ4n) is 4.44. The highest BCUT2D eigenvalue weighted by Gasteiger charge is 2.43. The van der Waals surface area contributed by atoms with Gasteiger partial charge in [-0.25, -0.2) is 0 Å². The van der Waals surface area contributed by atoms with E-state index in [-0.39, 0.29) is 17.9 Å². The number of nitro groups is 1. The Bertz CT molecular complexity index is 940. The Balaban J connectivity index is 1.99. The predicted octanol–water partition coefficient (Wildman–Crippen LogP) is 2.81. The van der Waals surface area contributed by atoms with Crippen LogP contribution in [0.1, 0.15) is 41.5 Å². The average Bonchev–Trinajstić information content (AvgIpc) is 2.61. The first-order valence-electron chi connectivity index (χ1n) is 8.47. The van der Waals surface area contributed by atoms with Gasteiger partial charge in [0.25, 0.3) is 0 Å². The first-order chi connectivity index (χ1) is 12.4. The maximum absolute atomic E-state index is 12.2. The lowest BCUT2D eigenvalue weighted by molar-refractivity contribution is -0.386. The van der Waals surface area contributed by atoms with Crippen LogP contribution in [0, 0.1) is 10.1 Å². The Morgan fingerprint density at radius 1 is 1.27 bits per heavy atom. The third-order valence-electron chi connectivity index (χ3n) is 5.52. The van der Waals surface area contributed by atoms with E-state index < -0.39 is 22.1 Å². The minimum atomic E-state index is -0.695. The van der Waals surface area contributed by atoms with Gasteiger partial charge < -0.3 is 15.1 Å². The summed E-state index contributed by atoms with van der Waals surface area (Å²) in [6, 6.07) is 9.01. The second kappa shape index (κ2) is 5.72. The van der Waals surface area contributed by atoms with Crippen LogP contribution in [-0.2, 0) is 17.8 Å². The van der Waals surface area contributed by atoms with E-state index in [1.54, 1.807) is 4.90 Å². The number of nitro benzene ring substituents is 1. The summed E-state index contributed by atoms with van der Waals surface area (Å²) < 4.78 is 0. The Morgan fingerprint density at radius 3 is 2.69 bits per heavy atom. The van der Waals surface area contributed by atoms with Crippen molar-refractivity contribution in [3.05, 3.63) is 62.7 Å². The lowest BCUT2D eigenvalue weighted by Gasteiger charge is -2.45. The summed E-state index contributed by atoms with van der Waals surface area (Å²) in [5.74, 6) is -1.51. The second-order valence-corrected chi connectivity index (χ2v) is 6.85. The van der Waals surface area contributed by atoms with Crippen molar-refractivity contribution in [1.82, 2.24) is 4.90 Å². The molecule has 7 nitrogen and oxygen atoms in total. The molecule has 7 heteroatoms. The molecular formula is C19H18N2O5. The number of hydrogen-bond donors (Lipinski definition) is 2. The van der Waals surface area contributed by atoms with E-state index in [9.17, 15) is 25.1 Å². The van der Waals surface area contributed by atoms with E-state index in [0.717, 1.165) is 11.1 Å². The molecule has 0 saturated carbocycles. The summed E-state index contributed by atoms with van der Waals surface area (Å²) in [6.07, 6.45) is 0.934. The second-order valence-electron chi connectivity index (χ2n) is 6.85. The van der Waals surface area contributed by atoms with Crippen LogP contribution >= 0.6 is 0 Å². The van der Waals surface area contributed by atoms with Gasteiger partial charge in [-0.3, -0.25) is 14.9 Å². The van der Waals surface area contributed by atoms with Gasteiger partial charge in [0.2, 0.25) is 11.7 Å². The molecule has 0 aromatic heterocycles. The molecule has 2 aliphatic rings. The van der Waals surface area contributed by atoms with E-state index in [1.807, 2.05) is 24.3 Å². The summed E-state index contributed by atoms with van der Waals surface area (Å²) in [4.78, 5) is 24.8. The van der Waals surface area contributed by atoms with Gasteiger partial charge in [0.15, 0.2) is 5.75 Å². The largest absolute Gasteiger partial charge is 0.504 e. The molecule has 26 heavy (non-hydrogen) atoms. The fourth-order valence-corrected chi connectivity index (χ4v) is 4.44. The smallest absolute Gasteiger partial charge is 0.318 e. The van der Waals surface area contributed by atoms with Gasteiger partial charge in [0.1, 0.15) is 0 Å². The van der Waals surface area contributed by atoms with Gasteiger partial charge in [0, 0.05) is 31.0 Å². The predicted molar refractivity (Wildman–Crippen MR) is 93.0 cm³/mol. The molecule has 2 N–H and O–H groups in total. The number of benzene rings is 2. The van der Waals surface area contributed by atoms with Gasteiger partial charge in [-0.15, -0.1) is 0 Å². The summed E-state index contributed by atoms with van der Waals surface area (Å²) in [5, 5.41) is 31.6. The molecule has 2 aromatic carbocycles. The summed E-state index contributed by atoms with van der Waals surface area (Å²) in [5.41, 5.74) is 2.62. The summed E-state index contributed by atoms with van der Waals surface area (Å²) in [7, 11) is 0. The molecule has 1 aliphatic carbocycles. The number of amides is 1. The molecule has 0 unspecified atom stereocenters. The quantitative estimate of drug-likeness (QED) is 0.465. The maximum Gasteiger partial charge on any atom is 0.318 e. The first kappa shape index (κ1) is 16.4. The van der Waals surface area contributed by atoms with E-state index in [2.05, 4.69) is 0 Å². The van der Waals surface area contributed by atoms with Crippen molar-refractivity contribution >= 4 is 11.6 Å². The van der Waals surface area contributed by atoms with Crippen molar-refractivity contribution in [3.63, 3.8) is 0 Å². The van der Waals surface area contributed by atoms with Gasteiger partial charge in [-0.1, -0.05) is 24.3 Å². The van der Waals surface area contributed by atoms with Crippen LogP contribution < -0.4 is 0 Å². The summed E-state index contributed by atoms with van der Waals surface area (Å²) >= 11 is 0. The topological polar surface area (TPSA) is 104 Å². The number of aromatic hydroxyl groups is 2. The van der Waals surface area contributed by atoms with Crippen molar-refractivity contribution in [2.24, 2.45) is 0 Å². The van der Waals surface area contributed by atoms with Gasteiger partial charge in [-0.2, -0.15) is 0 Å². The molecule has 1 heterocycles. The van der Waals surface area contributed by atoms with E-state index in [0.29, 0.717) is 30.5 Å². The molecule has 134 valence electrons. The average molecular weight is 354 g/mol. The SMILES string of the molecule is CC(=O)N1Cc2ccccc2[C@H]2c3cc(O)c(O)c([N+](=O)[O-])c3CC[C@@H]21. The molecule has 0 saturated heterocycles. The highest BCUT2D eigenvalue weighted by Crippen LogP contribution is 2.50. The zero-order chi connectivity index (χ0) is 18.6. The van der Waals surface area contributed by atoms with Crippen molar-refractivity contribution in [3.8, 4) is 11.5 Å². The molecule has 0 fully saturated rings. The number of hydrogen-bond acceptors (Lipinski definition) is 5. The van der Waals surface area contributed by atoms with Gasteiger partial charge >= 0.3 is 5.69 Å². The molecule has 2 atom stereocenters. The Labute approximate surface area is 149 Å². The standard InChI is InChI=1S/C19H18N2O5/c1-10(22)20-9-11-4-2-3-5-12(11)17-14-8-16(23)19(24)18(21(25)26)13(14)6-7-15(17)20/h2-5,8,15,17,23-24H,6-7,9H2,1H3/t15-,17-/m0/s1. The Kier molecular flexibility index (Phi) is 3.61. The van der Waals surface area contributed by atoms with Crippen LogP contribution in [0.25, 0.3) is 0 Å². The number of phenols is 2. The first-order valence-corrected chi connectivity index (χ1v) is 8.47. The lowest BCUT2D eigenvalue weighted by Crippen LogP contribution is -2.48. The van der Waals surface area contributed by atoms with Crippen LogP contribution in [-0.4, -0.2) is 32.0 Å². The van der Waals surface area contributed by atoms with Crippen molar-refractivity contribution in [2.45, 2.75) is 38.3 Å². The van der Waals surface area contributed by atoms with Crippen molar-refractivity contribution in [1.29, 1.82) is 0 Å². The molecule has 0 radical (unpaired) electrons. The molecular weight excluding hydrogens is 336 g/mol. The third-order valence-corrected chi connectivity index (χ3v) is 5.52. The molecule has 2 aromatic rings. The molecule has 0 bridgehead atoms. The maximum atomic E-state index is 12.2. The normalized spacial score (nSPS) is 20.7. The van der Waals surface area contributed by atoms with Gasteiger partial charge in [0.05, 0.1) is 4.92 Å². The zero-order valence-electron chi connectivity index (χ0n) is 14.2. The van der Waals surface area contributed by atoms with E-state index in [1.165, 1.54) is 13.0 Å². The van der Waals surface area contributed by atoms with Crippen molar-refractivity contribution < 1.29 is 19.9 Å². The number of fused-ring (bicyclic) bond motifs is 5. The highest BCUT2D eigenvalue weighted by molar-refractivity contribution is 5.75. The molecule has 0 spiro atoms. The fraction of sp³-hybridized carbons (Fsp3) is 0.316. The molecule has 1 aliphatic heterocycles. The number of carbonyl (C=O) groups is 1. The minimum Gasteiger partial charge on any atom is -0.504 e. The Morgan fingerprint density at radius 2 is 2.00 bits per heavy atom. The van der Waals surface area contributed by atoms with E-state index >= 15 is 0 Å². The number of nitrogens with zero attached hydrogens (tertiary/aromatic N) is 2. The molecule has 1 amide bonds. The lowest BCUT2D eigenvalue weighted by atomic mass is 9.71. The number of phenolic OH excluding ortho intramolecular Hbond substituents is 2. The van der Waals surface area contributed by atoms with E-state index in [4.69, 9.17) is 0 Å². The number of carbonyl (C=O) groups excluding carboxylic acids is 1. The van der Waals surface area contributed by atoms with Crippen LogP contribution in [0.4, 0.5) is 5.69 Å². The number of rotatable bonds is 1. The van der Waals surface area contributed by atoms with Crippen LogP contribution in [0.2, 0.25) is 0 Å². The van der Waals surface area contributed by atoms with Crippen LogP contribution in [0.5, 0.6) is 11.5 Å². The monoisotopic (exact) mass is 354 g/mol. The van der Waals surface area contributed by atoms with Gasteiger partial charge in [-0.05, 0) is 35.6 Å². The minimum absolute atomic E-state index is 0.0459. The van der Waals surface area contributed by atoms with Crippen LogP contribution in [0.15, 0.2) is 30.3 Å². The van der Waals surface area contributed by atoms with Crippen LogP contribution in [0.3, 0.4) is 0 Å².